The van der Waals surface area contributed by atoms with Crippen molar-refractivity contribution in [1.29, 1.82) is 0 Å². The molecular weight excluding hydrogens is 312 g/mol. The first-order chi connectivity index (χ1) is 11.5. The third-order valence-corrected chi connectivity index (χ3v) is 3.47. The molecule has 0 spiro atoms. The number of carbonyl (C=O) groups is 2. The second kappa shape index (κ2) is 10.5. The van der Waals surface area contributed by atoms with Crippen LogP contribution in [0.15, 0.2) is 12.1 Å². The molecule has 0 aliphatic carbocycles. The molecule has 0 amide bonds. The molecule has 0 fully saturated rings. The minimum Gasteiger partial charge on any atom is -0.508 e. The Morgan fingerprint density at radius 3 is 1.54 bits per heavy atom. The first kappa shape index (κ1) is 19.8. The van der Waals surface area contributed by atoms with E-state index in [9.17, 15) is 19.8 Å². The maximum Gasteiger partial charge on any atom is 0.310 e. The normalized spacial score (nSPS) is 10.4. The Bertz CT molecular complexity index is 503. The first-order valence-electron chi connectivity index (χ1n) is 8.32. The molecule has 0 heterocycles. The molecule has 0 radical (unpaired) electrons. The lowest BCUT2D eigenvalue weighted by atomic mass is 10.0. The van der Waals surface area contributed by atoms with Crippen LogP contribution in [0.5, 0.6) is 11.5 Å². The van der Waals surface area contributed by atoms with Gasteiger partial charge in [0.05, 0.1) is 26.1 Å². The molecule has 0 saturated heterocycles. The van der Waals surface area contributed by atoms with Crippen molar-refractivity contribution in [2.24, 2.45) is 0 Å². The number of phenolic OH excluding ortho intramolecular Hbond substituents is 2. The largest absolute Gasteiger partial charge is 0.508 e. The maximum absolute atomic E-state index is 11.7. The number of carbonyl (C=O) groups excluding carboxylic acids is 2. The summed E-state index contributed by atoms with van der Waals surface area (Å²) in [7, 11) is 0. The predicted molar refractivity (Wildman–Crippen MR) is 88.9 cm³/mol. The van der Waals surface area contributed by atoms with Gasteiger partial charge in [-0.1, -0.05) is 26.7 Å². The van der Waals surface area contributed by atoms with Gasteiger partial charge < -0.3 is 19.7 Å². The van der Waals surface area contributed by atoms with Gasteiger partial charge in [0.1, 0.15) is 11.5 Å². The Hall–Kier alpha value is -2.24. The fourth-order valence-electron chi connectivity index (χ4n) is 2.02. The summed E-state index contributed by atoms with van der Waals surface area (Å²) in [5.74, 6) is -1.25. The molecular formula is C18H26O6. The lowest BCUT2D eigenvalue weighted by molar-refractivity contribution is -0.144. The summed E-state index contributed by atoms with van der Waals surface area (Å²) in [6.45, 7) is 4.65. The van der Waals surface area contributed by atoms with Gasteiger partial charge >= 0.3 is 11.9 Å². The van der Waals surface area contributed by atoms with Gasteiger partial charge in [-0.15, -0.1) is 0 Å². The Labute approximate surface area is 142 Å². The van der Waals surface area contributed by atoms with Crippen LogP contribution in [0.25, 0.3) is 0 Å². The number of ether oxygens (including phenoxy) is 2. The van der Waals surface area contributed by atoms with Crippen molar-refractivity contribution in [3.05, 3.63) is 23.3 Å². The SMILES string of the molecule is CCCCOC(=O)Cc1cc(O)c(CC(=O)OCCCC)cc1O. The molecule has 6 nitrogen and oxygen atoms in total. The molecule has 1 rings (SSSR count). The molecule has 134 valence electrons. The number of rotatable bonds is 10. The molecule has 2 N–H and O–H groups in total. The summed E-state index contributed by atoms with van der Waals surface area (Å²) < 4.78 is 10.1. The first-order valence-corrected chi connectivity index (χ1v) is 8.32. The fourth-order valence-corrected chi connectivity index (χ4v) is 2.02. The number of hydrogen-bond acceptors (Lipinski definition) is 6. The zero-order valence-electron chi connectivity index (χ0n) is 14.3. The summed E-state index contributed by atoms with van der Waals surface area (Å²) in [5, 5.41) is 20.0. The predicted octanol–water partition coefficient (Wildman–Crippen LogP) is 2.87. The van der Waals surface area contributed by atoms with Crippen LogP contribution in [0, 0.1) is 0 Å². The molecule has 0 aliphatic rings. The average Bonchev–Trinajstić information content (AvgIpc) is 2.52. The topological polar surface area (TPSA) is 93.1 Å². The number of esters is 2. The Balaban J connectivity index is 2.65. The highest BCUT2D eigenvalue weighted by molar-refractivity contribution is 5.76. The number of unbranched alkanes of at least 4 members (excludes halogenated alkanes) is 2. The molecule has 0 bridgehead atoms. The van der Waals surface area contributed by atoms with Crippen molar-refractivity contribution in [3.8, 4) is 11.5 Å². The quantitative estimate of drug-likeness (QED) is 0.387. The zero-order valence-corrected chi connectivity index (χ0v) is 14.3. The van der Waals surface area contributed by atoms with E-state index >= 15 is 0 Å². The molecule has 6 heteroatoms. The molecule has 0 aromatic heterocycles. The molecule has 24 heavy (non-hydrogen) atoms. The van der Waals surface area contributed by atoms with Crippen LogP contribution in [0.4, 0.5) is 0 Å². The summed E-state index contributed by atoms with van der Waals surface area (Å²) in [5.41, 5.74) is 0.522. The summed E-state index contributed by atoms with van der Waals surface area (Å²) >= 11 is 0. The molecule has 1 aromatic rings. The van der Waals surface area contributed by atoms with Gasteiger partial charge in [0.15, 0.2) is 0 Å². The summed E-state index contributed by atoms with van der Waals surface area (Å²) in [6.07, 6.45) is 3.13. The van der Waals surface area contributed by atoms with Gasteiger partial charge in [0.25, 0.3) is 0 Å². The molecule has 0 aliphatic heterocycles. The van der Waals surface area contributed by atoms with E-state index < -0.39 is 11.9 Å². The molecule has 1 aromatic carbocycles. The van der Waals surface area contributed by atoms with Crippen LogP contribution >= 0.6 is 0 Å². The van der Waals surface area contributed by atoms with E-state index in [4.69, 9.17) is 9.47 Å². The van der Waals surface area contributed by atoms with Crippen LogP contribution in [0.2, 0.25) is 0 Å². The van der Waals surface area contributed by atoms with E-state index in [1.54, 1.807) is 0 Å². The van der Waals surface area contributed by atoms with Gasteiger partial charge in [-0.05, 0) is 25.0 Å². The van der Waals surface area contributed by atoms with E-state index in [0.717, 1.165) is 25.7 Å². The Morgan fingerprint density at radius 2 is 1.21 bits per heavy atom. The third-order valence-electron chi connectivity index (χ3n) is 3.47. The van der Waals surface area contributed by atoms with Crippen molar-refractivity contribution in [1.82, 2.24) is 0 Å². The number of hydrogen-bond donors (Lipinski definition) is 2. The standard InChI is InChI=1S/C18H26O6/c1-3-5-7-23-17(21)11-13-9-16(20)14(10-15(13)19)12-18(22)24-8-6-4-2/h9-10,19-20H,3-8,11-12H2,1-2H3. The smallest absolute Gasteiger partial charge is 0.310 e. The zero-order chi connectivity index (χ0) is 17.9. The van der Waals surface area contributed by atoms with Crippen molar-refractivity contribution in [2.45, 2.75) is 52.4 Å². The van der Waals surface area contributed by atoms with Crippen LogP contribution in [0.3, 0.4) is 0 Å². The van der Waals surface area contributed by atoms with E-state index in [-0.39, 0.29) is 35.5 Å². The van der Waals surface area contributed by atoms with E-state index in [2.05, 4.69) is 0 Å². The van der Waals surface area contributed by atoms with Crippen LogP contribution < -0.4 is 0 Å². The number of aromatic hydroxyl groups is 2. The van der Waals surface area contributed by atoms with Crippen LogP contribution in [-0.2, 0) is 31.9 Å². The van der Waals surface area contributed by atoms with Crippen molar-refractivity contribution >= 4 is 11.9 Å². The monoisotopic (exact) mass is 338 g/mol. The highest BCUT2D eigenvalue weighted by Gasteiger charge is 2.15. The number of phenols is 2. The third kappa shape index (κ3) is 6.89. The molecule has 0 unspecified atom stereocenters. The minimum absolute atomic E-state index is 0.135. The highest BCUT2D eigenvalue weighted by atomic mass is 16.5. The second-order valence-electron chi connectivity index (χ2n) is 5.61. The van der Waals surface area contributed by atoms with Gasteiger partial charge in [-0.3, -0.25) is 9.59 Å². The second-order valence-corrected chi connectivity index (χ2v) is 5.61. The van der Waals surface area contributed by atoms with E-state index in [1.807, 2.05) is 13.8 Å². The van der Waals surface area contributed by atoms with Crippen LogP contribution in [-0.4, -0.2) is 35.4 Å². The van der Waals surface area contributed by atoms with Crippen molar-refractivity contribution in [2.75, 3.05) is 13.2 Å². The van der Waals surface area contributed by atoms with Gasteiger partial charge in [0.2, 0.25) is 0 Å². The maximum atomic E-state index is 11.7. The average molecular weight is 338 g/mol. The van der Waals surface area contributed by atoms with Gasteiger partial charge in [-0.2, -0.15) is 0 Å². The van der Waals surface area contributed by atoms with E-state index in [1.165, 1.54) is 12.1 Å². The Morgan fingerprint density at radius 1 is 0.833 bits per heavy atom. The highest BCUT2D eigenvalue weighted by Crippen LogP contribution is 2.28. The lowest BCUT2D eigenvalue weighted by Gasteiger charge is -2.10. The summed E-state index contributed by atoms with van der Waals surface area (Å²) in [4.78, 5) is 23.3. The molecule has 0 atom stereocenters. The fraction of sp³-hybridized carbons (Fsp3) is 0.556. The minimum atomic E-state index is -0.468. The van der Waals surface area contributed by atoms with Crippen LogP contribution in [0.1, 0.15) is 50.7 Å². The van der Waals surface area contributed by atoms with Gasteiger partial charge in [0, 0.05) is 11.1 Å². The van der Waals surface area contributed by atoms with E-state index in [0.29, 0.717) is 13.2 Å². The number of benzene rings is 1. The van der Waals surface area contributed by atoms with Gasteiger partial charge in [-0.25, -0.2) is 0 Å². The lowest BCUT2D eigenvalue weighted by Crippen LogP contribution is -2.11. The van der Waals surface area contributed by atoms with Crippen molar-refractivity contribution < 1.29 is 29.3 Å². The Kier molecular flexibility index (Phi) is 8.68. The summed E-state index contributed by atoms with van der Waals surface area (Å²) in [6, 6.07) is 2.57. The van der Waals surface area contributed by atoms with Crippen molar-refractivity contribution in [3.63, 3.8) is 0 Å². The molecule has 0 saturated carbocycles.